The van der Waals surface area contributed by atoms with Gasteiger partial charge in [0.2, 0.25) is 0 Å². The van der Waals surface area contributed by atoms with Gasteiger partial charge in [0.15, 0.2) is 5.82 Å². The van der Waals surface area contributed by atoms with Crippen LogP contribution in [-0.4, -0.2) is 58.2 Å². The number of ether oxygens (including phenoxy) is 1. The number of hydrogen-bond donors (Lipinski definition) is 2. The van der Waals surface area contributed by atoms with E-state index in [0.29, 0.717) is 11.7 Å². The number of methoxy groups -OCH3 is 1. The van der Waals surface area contributed by atoms with Gasteiger partial charge in [-0.25, -0.2) is 15.0 Å². The average molecular weight is 430 g/mol. The molecule has 8 nitrogen and oxygen atoms in total. The van der Waals surface area contributed by atoms with Crippen molar-refractivity contribution in [1.82, 2.24) is 30.2 Å². The van der Waals surface area contributed by atoms with Gasteiger partial charge in [-0.1, -0.05) is 6.42 Å². The van der Waals surface area contributed by atoms with E-state index < -0.39 is 0 Å². The zero-order chi connectivity index (χ0) is 21.7. The van der Waals surface area contributed by atoms with Crippen LogP contribution in [0.5, 0.6) is 5.75 Å². The first-order chi connectivity index (χ1) is 15.7. The summed E-state index contributed by atoms with van der Waals surface area (Å²) in [7, 11) is 1.69. The Labute approximate surface area is 186 Å². The molecular formula is C24H27N7O. The number of nitrogens with one attached hydrogen (secondary N) is 2. The number of aromatic amines is 1. The number of nitrogens with zero attached hydrogens (tertiary/aromatic N) is 5. The van der Waals surface area contributed by atoms with Gasteiger partial charge in [0.05, 0.1) is 29.9 Å². The minimum Gasteiger partial charge on any atom is -0.494 e. The van der Waals surface area contributed by atoms with Gasteiger partial charge in [-0.3, -0.25) is 4.98 Å². The van der Waals surface area contributed by atoms with Crippen molar-refractivity contribution in [3.05, 3.63) is 35.9 Å². The number of fused-ring (bicyclic) bond motifs is 2. The summed E-state index contributed by atoms with van der Waals surface area (Å²) in [6.45, 7) is 5.75. The lowest BCUT2D eigenvalue weighted by molar-refractivity contribution is 0.416. The summed E-state index contributed by atoms with van der Waals surface area (Å²) >= 11 is 0. The first-order valence-corrected chi connectivity index (χ1v) is 11.4. The van der Waals surface area contributed by atoms with Crippen molar-refractivity contribution in [3.63, 3.8) is 0 Å². The van der Waals surface area contributed by atoms with Crippen LogP contribution in [0.15, 0.2) is 24.7 Å². The zero-order valence-corrected chi connectivity index (χ0v) is 18.5. The molecule has 0 bridgehead atoms. The number of H-pyrrole nitrogens is 1. The lowest BCUT2D eigenvalue weighted by Crippen LogP contribution is -2.44. The minimum atomic E-state index is 0.558. The van der Waals surface area contributed by atoms with E-state index in [4.69, 9.17) is 14.7 Å². The Morgan fingerprint density at radius 3 is 2.69 bits per heavy atom. The third-order valence-electron chi connectivity index (χ3n) is 6.85. The number of hydrogen-bond acceptors (Lipinski definition) is 7. The van der Waals surface area contributed by atoms with Crippen molar-refractivity contribution >= 4 is 27.8 Å². The maximum Gasteiger partial charge on any atom is 0.163 e. The maximum absolute atomic E-state index is 5.71. The van der Waals surface area contributed by atoms with Crippen LogP contribution in [0.2, 0.25) is 0 Å². The maximum atomic E-state index is 5.71. The second-order valence-electron chi connectivity index (χ2n) is 8.72. The molecule has 5 heterocycles. The van der Waals surface area contributed by atoms with Crippen molar-refractivity contribution in [2.75, 3.05) is 38.2 Å². The Bertz CT molecular complexity index is 1300. The largest absolute Gasteiger partial charge is 0.494 e. The molecule has 4 aromatic heterocycles. The molecular weight excluding hydrogens is 402 g/mol. The van der Waals surface area contributed by atoms with Gasteiger partial charge in [0.25, 0.3) is 0 Å². The topological polar surface area (TPSA) is 91.8 Å². The summed E-state index contributed by atoms with van der Waals surface area (Å²) < 4.78 is 5.71. The Balaban J connectivity index is 1.62. The highest BCUT2D eigenvalue weighted by Crippen LogP contribution is 2.43. The summed E-state index contributed by atoms with van der Waals surface area (Å²) in [6.07, 6.45) is 9.43. The standard InChI is InChI=1S/C24H27N7O/c1-14-21(32-2)20-16(6-7-27-23(20)28-14)22-29-18-13-26-12-17(15-4-3-5-15)19(18)24(30-22)31-10-8-25-9-11-31/h6-7,12-13,15,25H,3-5,8-11H2,1-2H3,(H,27,28). The normalized spacial score (nSPS) is 17.1. The molecule has 0 amide bonds. The van der Waals surface area contributed by atoms with Gasteiger partial charge in [-0.2, -0.15) is 0 Å². The lowest BCUT2D eigenvalue weighted by atomic mass is 9.79. The smallest absolute Gasteiger partial charge is 0.163 e. The minimum absolute atomic E-state index is 0.558. The van der Waals surface area contributed by atoms with E-state index in [1.165, 1.54) is 24.8 Å². The van der Waals surface area contributed by atoms with Crippen LogP contribution < -0.4 is 15.0 Å². The van der Waals surface area contributed by atoms with Crippen molar-refractivity contribution in [3.8, 4) is 17.1 Å². The summed E-state index contributed by atoms with van der Waals surface area (Å²) in [5.74, 6) is 3.05. The third-order valence-corrected chi connectivity index (χ3v) is 6.85. The van der Waals surface area contributed by atoms with E-state index in [0.717, 1.165) is 70.9 Å². The molecule has 0 spiro atoms. The molecule has 0 atom stereocenters. The van der Waals surface area contributed by atoms with Crippen LogP contribution in [0.4, 0.5) is 5.82 Å². The number of pyridine rings is 2. The number of rotatable bonds is 4. The van der Waals surface area contributed by atoms with Crippen LogP contribution in [0.1, 0.15) is 36.4 Å². The molecule has 2 N–H and O–H groups in total. The first-order valence-electron chi connectivity index (χ1n) is 11.4. The first kappa shape index (κ1) is 19.4. The van der Waals surface area contributed by atoms with Crippen LogP contribution in [0.25, 0.3) is 33.3 Å². The zero-order valence-electron chi connectivity index (χ0n) is 18.5. The number of piperazine rings is 1. The molecule has 8 heteroatoms. The number of aryl methyl sites for hydroxylation is 1. The van der Waals surface area contributed by atoms with E-state index in [1.54, 1.807) is 13.3 Å². The van der Waals surface area contributed by atoms with Gasteiger partial charge in [0.1, 0.15) is 17.2 Å². The number of anilines is 1. The lowest BCUT2D eigenvalue weighted by Gasteiger charge is -2.32. The van der Waals surface area contributed by atoms with Crippen LogP contribution >= 0.6 is 0 Å². The van der Waals surface area contributed by atoms with E-state index in [9.17, 15) is 0 Å². The summed E-state index contributed by atoms with van der Waals surface area (Å²) in [4.78, 5) is 25.0. The molecule has 0 unspecified atom stereocenters. The van der Waals surface area contributed by atoms with Crippen molar-refractivity contribution in [1.29, 1.82) is 0 Å². The third kappa shape index (κ3) is 3.01. The fourth-order valence-electron chi connectivity index (χ4n) is 4.99. The molecule has 0 radical (unpaired) electrons. The highest BCUT2D eigenvalue weighted by molar-refractivity contribution is 6.00. The second kappa shape index (κ2) is 7.70. The summed E-state index contributed by atoms with van der Waals surface area (Å²) in [5, 5.41) is 5.54. The molecule has 0 aromatic carbocycles. The van der Waals surface area contributed by atoms with Gasteiger partial charge in [-0.15, -0.1) is 0 Å². The van der Waals surface area contributed by atoms with Crippen LogP contribution in [-0.2, 0) is 0 Å². The molecule has 1 aliphatic carbocycles. The Hall–Kier alpha value is -3.26. The number of aromatic nitrogens is 5. The van der Waals surface area contributed by atoms with Crippen LogP contribution in [0, 0.1) is 6.92 Å². The van der Waals surface area contributed by atoms with Gasteiger partial charge in [-0.05, 0) is 37.3 Å². The molecule has 1 saturated heterocycles. The van der Waals surface area contributed by atoms with Crippen molar-refractivity contribution < 1.29 is 4.74 Å². The van der Waals surface area contributed by atoms with Crippen molar-refractivity contribution in [2.24, 2.45) is 0 Å². The van der Waals surface area contributed by atoms with E-state index in [1.807, 2.05) is 25.4 Å². The molecule has 1 saturated carbocycles. The highest BCUT2D eigenvalue weighted by atomic mass is 16.5. The van der Waals surface area contributed by atoms with Gasteiger partial charge < -0.3 is 19.9 Å². The molecule has 32 heavy (non-hydrogen) atoms. The molecule has 164 valence electrons. The van der Waals surface area contributed by atoms with Crippen LogP contribution in [0.3, 0.4) is 0 Å². The quantitative estimate of drug-likeness (QED) is 0.512. The van der Waals surface area contributed by atoms with E-state index in [2.05, 4.69) is 25.2 Å². The average Bonchev–Trinajstić information content (AvgIpc) is 3.13. The van der Waals surface area contributed by atoms with Gasteiger partial charge >= 0.3 is 0 Å². The second-order valence-corrected chi connectivity index (χ2v) is 8.72. The van der Waals surface area contributed by atoms with Crippen molar-refractivity contribution in [2.45, 2.75) is 32.1 Å². The molecule has 2 aliphatic rings. The Morgan fingerprint density at radius 2 is 1.94 bits per heavy atom. The Kier molecular flexibility index (Phi) is 4.68. The summed E-state index contributed by atoms with van der Waals surface area (Å²) in [6, 6.07) is 1.98. The fourth-order valence-corrected chi connectivity index (χ4v) is 4.99. The molecule has 2 fully saturated rings. The fraction of sp³-hybridized carbons (Fsp3) is 0.417. The molecule has 6 rings (SSSR count). The Morgan fingerprint density at radius 1 is 1.09 bits per heavy atom. The highest BCUT2D eigenvalue weighted by Gasteiger charge is 2.27. The predicted molar refractivity (Wildman–Crippen MR) is 125 cm³/mol. The van der Waals surface area contributed by atoms with Gasteiger partial charge in [0, 0.05) is 49.5 Å². The molecule has 1 aliphatic heterocycles. The van der Waals surface area contributed by atoms with E-state index in [-0.39, 0.29) is 0 Å². The predicted octanol–water partition coefficient (Wildman–Crippen LogP) is 3.56. The van der Waals surface area contributed by atoms with E-state index >= 15 is 0 Å². The summed E-state index contributed by atoms with van der Waals surface area (Å²) in [5.41, 5.74) is 4.85. The SMILES string of the molecule is COc1c(C)[nH]c2nccc(-c3nc(N4CCNCC4)c4c(C5CCC5)cncc4n3)c12. The monoisotopic (exact) mass is 429 g/mol. The molecule has 4 aromatic rings.